The van der Waals surface area contributed by atoms with Crippen LogP contribution in [-0.4, -0.2) is 12.1 Å². The van der Waals surface area contributed by atoms with Crippen LogP contribution in [0.2, 0.25) is 0 Å². The minimum atomic E-state index is -0.135. The van der Waals surface area contributed by atoms with E-state index in [2.05, 4.69) is 39.9 Å². The van der Waals surface area contributed by atoms with Gasteiger partial charge in [0.2, 0.25) is 0 Å². The Kier molecular flexibility index (Phi) is 5.99. The quantitative estimate of drug-likeness (QED) is 0.803. The molecule has 1 rings (SSSR count). The van der Waals surface area contributed by atoms with Crippen molar-refractivity contribution >= 4 is 0 Å². The molecule has 1 N–H and O–H groups in total. The molecule has 0 amide bonds. The molecule has 0 heterocycles. The molecule has 19 heavy (non-hydrogen) atoms. The third-order valence-corrected chi connectivity index (χ3v) is 3.73. The third kappa shape index (κ3) is 6.20. The van der Waals surface area contributed by atoms with Crippen LogP contribution >= 0.6 is 0 Å². The van der Waals surface area contributed by atoms with Crippen molar-refractivity contribution in [2.75, 3.05) is 6.54 Å². The summed E-state index contributed by atoms with van der Waals surface area (Å²) in [7, 11) is 0. The highest BCUT2D eigenvalue weighted by Crippen LogP contribution is 2.21. The third-order valence-electron chi connectivity index (χ3n) is 3.73. The summed E-state index contributed by atoms with van der Waals surface area (Å²) in [6.45, 7) is 12.0. The number of nitrogens with one attached hydrogen (secondary N) is 1. The Balaban J connectivity index is 2.69. The number of benzene rings is 1. The number of hydrogen-bond donors (Lipinski definition) is 1. The minimum Gasteiger partial charge on any atom is -0.312 e. The van der Waals surface area contributed by atoms with E-state index in [9.17, 15) is 4.39 Å². The smallest absolute Gasteiger partial charge is 0.123 e. The lowest BCUT2D eigenvalue weighted by Crippen LogP contribution is -2.41. The number of halogens is 1. The van der Waals surface area contributed by atoms with Crippen molar-refractivity contribution in [1.29, 1.82) is 0 Å². The zero-order chi connectivity index (χ0) is 14.5. The molecule has 108 valence electrons. The van der Waals surface area contributed by atoms with Crippen LogP contribution in [0.15, 0.2) is 24.3 Å². The molecule has 0 aliphatic heterocycles. The second kappa shape index (κ2) is 7.04. The maximum atomic E-state index is 13.3. The summed E-state index contributed by atoms with van der Waals surface area (Å²) in [5, 5.41) is 3.58. The molecular weight excluding hydrogens is 237 g/mol. The van der Waals surface area contributed by atoms with Crippen molar-refractivity contribution < 1.29 is 4.39 Å². The first-order valence-corrected chi connectivity index (χ1v) is 7.31. The summed E-state index contributed by atoms with van der Waals surface area (Å²) in [5.41, 5.74) is 1.23. The predicted octanol–water partition coefficient (Wildman–Crippen LogP) is 4.42. The van der Waals surface area contributed by atoms with Crippen LogP contribution < -0.4 is 5.32 Å². The summed E-state index contributed by atoms with van der Waals surface area (Å²) in [4.78, 5) is 0. The van der Waals surface area contributed by atoms with E-state index in [1.807, 2.05) is 6.07 Å². The highest BCUT2D eigenvalue weighted by atomic mass is 19.1. The van der Waals surface area contributed by atoms with E-state index in [-0.39, 0.29) is 11.4 Å². The van der Waals surface area contributed by atoms with Crippen LogP contribution in [-0.2, 0) is 6.42 Å². The lowest BCUT2D eigenvalue weighted by atomic mass is 9.85. The lowest BCUT2D eigenvalue weighted by molar-refractivity contribution is 0.292. The van der Waals surface area contributed by atoms with Gasteiger partial charge >= 0.3 is 0 Å². The van der Waals surface area contributed by atoms with Crippen molar-refractivity contribution in [2.24, 2.45) is 11.8 Å². The first-order valence-electron chi connectivity index (χ1n) is 7.31. The molecule has 0 spiro atoms. The van der Waals surface area contributed by atoms with E-state index < -0.39 is 0 Å². The Labute approximate surface area is 117 Å². The van der Waals surface area contributed by atoms with Gasteiger partial charge in [0.1, 0.15) is 5.82 Å². The minimum absolute atomic E-state index is 0.133. The molecule has 0 aliphatic rings. The van der Waals surface area contributed by atoms with E-state index >= 15 is 0 Å². The summed E-state index contributed by atoms with van der Waals surface area (Å²) in [6.07, 6.45) is 2.10. The Bertz CT molecular complexity index is 381. The summed E-state index contributed by atoms with van der Waals surface area (Å²) in [6, 6.07) is 6.99. The molecule has 1 aromatic rings. The second-order valence-corrected chi connectivity index (χ2v) is 6.61. The van der Waals surface area contributed by atoms with Gasteiger partial charge in [0, 0.05) is 5.54 Å². The van der Waals surface area contributed by atoms with Crippen LogP contribution in [0, 0.1) is 17.7 Å². The van der Waals surface area contributed by atoms with Crippen LogP contribution in [0.3, 0.4) is 0 Å². The first kappa shape index (κ1) is 16.2. The largest absolute Gasteiger partial charge is 0.312 e. The van der Waals surface area contributed by atoms with Crippen molar-refractivity contribution in [3.8, 4) is 0 Å². The Morgan fingerprint density at radius 1 is 1.26 bits per heavy atom. The highest BCUT2D eigenvalue weighted by Gasteiger charge is 2.19. The molecule has 1 nitrogen and oxygen atoms in total. The van der Waals surface area contributed by atoms with E-state index in [0.717, 1.165) is 24.9 Å². The van der Waals surface area contributed by atoms with Crippen LogP contribution in [0.1, 0.15) is 46.6 Å². The molecule has 2 unspecified atom stereocenters. The number of rotatable bonds is 6. The standard InChI is InChI=1S/C17H28FN/c1-6-13(2)15(12-19-17(3,4)5)10-14-8-7-9-16(18)11-14/h7-9,11,13,15,19H,6,10,12H2,1-5H3. The molecule has 0 saturated heterocycles. The van der Waals surface area contributed by atoms with E-state index in [0.29, 0.717) is 11.8 Å². The summed E-state index contributed by atoms with van der Waals surface area (Å²) in [5.74, 6) is 1.05. The molecule has 2 atom stereocenters. The highest BCUT2D eigenvalue weighted by molar-refractivity contribution is 5.17. The van der Waals surface area contributed by atoms with Crippen molar-refractivity contribution in [1.82, 2.24) is 5.32 Å². The van der Waals surface area contributed by atoms with Gasteiger partial charge in [-0.2, -0.15) is 0 Å². The van der Waals surface area contributed by atoms with Crippen LogP contribution in [0.4, 0.5) is 4.39 Å². The van der Waals surface area contributed by atoms with Crippen molar-refractivity contribution in [2.45, 2.75) is 53.0 Å². The molecule has 2 heteroatoms. The molecule has 1 aromatic carbocycles. The van der Waals surface area contributed by atoms with Gasteiger partial charge in [-0.15, -0.1) is 0 Å². The fourth-order valence-electron chi connectivity index (χ4n) is 2.21. The lowest BCUT2D eigenvalue weighted by Gasteiger charge is -2.28. The van der Waals surface area contributed by atoms with Gasteiger partial charge in [-0.05, 0) is 63.3 Å². The van der Waals surface area contributed by atoms with Crippen LogP contribution in [0.25, 0.3) is 0 Å². The summed E-state index contributed by atoms with van der Waals surface area (Å²) >= 11 is 0. The van der Waals surface area contributed by atoms with Gasteiger partial charge in [0.25, 0.3) is 0 Å². The molecule has 0 fully saturated rings. The van der Waals surface area contributed by atoms with Gasteiger partial charge in [0.15, 0.2) is 0 Å². The predicted molar refractivity (Wildman–Crippen MR) is 80.8 cm³/mol. The maximum Gasteiger partial charge on any atom is 0.123 e. The molecule has 0 aliphatic carbocycles. The molecule has 0 aromatic heterocycles. The second-order valence-electron chi connectivity index (χ2n) is 6.61. The monoisotopic (exact) mass is 265 g/mol. The zero-order valence-corrected chi connectivity index (χ0v) is 13.0. The average molecular weight is 265 g/mol. The van der Waals surface area contributed by atoms with Gasteiger partial charge < -0.3 is 5.32 Å². The summed E-state index contributed by atoms with van der Waals surface area (Å²) < 4.78 is 13.3. The van der Waals surface area contributed by atoms with E-state index in [1.54, 1.807) is 12.1 Å². The van der Waals surface area contributed by atoms with Gasteiger partial charge in [-0.3, -0.25) is 0 Å². The maximum absolute atomic E-state index is 13.3. The first-order chi connectivity index (χ1) is 8.81. The van der Waals surface area contributed by atoms with Gasteiger partial charge in [-0.1, -0.05) is 32.4 Å². The van der Waals surface area contributed by atoms with E-state index in [4.69, 9.17) is 0 Å². The molecule has 0 saturated carbocycles. The zero-order valence-electron chi connectivity index (χ0n) is 13.0. The Morgan fingerprint density at radius 2 is 1.95 bits per heavy atom. The fourth-order valence-corrected chi connectivity index (χ4v) is 2.21. The Morgan fingerprint density at radius 3 is 2.47 bits per heavy atom. The van der Waals surface area contributed by atoms with Gasteiger partial charge in [-0.25, -0.2) is 4.39 Å². The Hall–Kier alpha value is -0.890. The SMILES string of the molecule is CCC(C)C(CNC(C)(C)C)Cc1cccc(F)c1. The van der Waals surface area contributed by atoms with E-state index in [1.165, 1.54) is 6.07 Å². The van der Waals surface area contributed by atoms with Gasteiger partial charge in [0.05, 0.1) is 0 Å². The van der Waals surface area contributed by atoms with Crippen LogP contribution in [0.5, 0.6) is 0 Å². The van der Waals surface area contributed by atoms with Crippen molar-refractivity contribution in [3.05, 3.63) is 35.6 Å². The molecule has 0 bridgehead atoms. The fraction of sp³-hybridized carbons (Fsp3) is 0.647. The normalized spacial score (nSPS) is 15.3. The number of hydrogen-bond acceptors (Lipinski definition) is 1. The average Bonchev–Trinajstić information content (AvgIpc) is 2.32. The molecule has 0 radical (unpaired) electrons. The van der Waals surface area contributed by atoms with Crippen molar-refractivity contribution in [3.63, 3.8) is 0 Å². The topological polar surface area (TPSA) is 12.0 Å². The molecular formula is C17H28FN.